The van der Waals surface area contributed by atoms with Gasteiger partial charge in [0.1, 0.15) is 0 Å². The van der Waals surface area contributed by atoms with E-state index >= 15 is 0 Å². The number of nitrogens with one attached hydrogen (secondary N) is 1. The summed E-state index contributed by atoms with van der Waals surface area (Å²) in [5, 5.41) is 1.78. The number of hydrogen-bond acceptors (Lipinski definition) is 3. The maximum atomic E-state index is 12.0. The third-order valence-corrected chi connectivity index (χ3v) is 2.35. The van der Waals surface area contributed by atoms with Gasteiger partial charge in [-0.15, -0.1) is 12.6 Å². The van der Waals surface area contributed by atoms with Crippen LogP contribution in [0.15, 0.2) is 23.1 Å². The molecule has 0 saturated heterocycles. The highest BCUT2D eigenvalue weighted by molar-refractivity contribution is 7.80. The van der Waals surface area contributed by atoms with Crippen LogP contribution in [0.5, 0.6) is 0 Å². The second-order valence-corrected chi connectivity index (χ2v) is 4.03. The normalized spacial score (nSPS) is 11.2. The minimum atomic E-state index is -4.89. The van der Waals surface area contributed by atoms with Crippen LogP contribution in [-0.4, -0.2) is 26.2 Å². The monoisotopic (exact) mass is 264 g/mol. The number of thiol groups is 1. The summed E-state index contributed by atoms with van der Waals surface area (Å²) in [6, 6.07) is 4.30. The molecule has 0 saturated carbocycles. The maximum absolute atomic E-state index is 12.0. The Labute approximate surface area is 102 Å². The number of amides is 1. The third kappa shape index (κ3) is 3.55. The van der Waals surface area contributed by atoms with Crippen molar-refractivity contribution in [1.29, 1.82) is 0 Å². The average molecular weight is 264 g/mol. The Balaban J connectivity index is 2.94. The summed E-state index contributed by atoms with van der Waals surface area (Å²) in [5.41, 5.74) is 0.696. The van der Waals surface area contributed by atoms with E-state index in [1.807, 2.05) is 0 Å². The first-order chi connectivity index (χ1) is 7.71. The quantitative estimate of drug-likeness (QED) is 0.805. The molecule has 3 nitrogen and oxygen atoms in total. The first kappa shape index (κ1) is 13.7. The number of carbonyl (C=O) groups excluding carboxylic acids is 1. The van der Waals surface area contributed by atoms with Crippen molar-refractivity contribution in [3.05, 3.63) is 18.2 Å². The maximum Gasteiger partial charge on any atom is 0.471 e. The summed E-state index contributed by atoms with van der Waals surface area (Å²) in [4.78, 5) is 13.0. The number of alkyl halides is 3. The molecule has 0 aliphatic rings. The summed E-state index contributed by atoms with van der Waals surface area (Å²) >= 11 is 4.16. The van der Waals surface area contributed by atoms with Crippen molar-refractivity contribution in [1.82, 2.24) is 0 Å². The second kappa shape index (κ2) is 4.87. The van der Waals surface area contributed by atoms with Crippen molar-refractivity contribution in [3.63, 3.8) is 0 Å². The standard InChI is InChI=1S/C10H11F3N2OS/c1-15(2)7-5-6(3-4-8(7)17)14-9(16)10(11,12)13/h3-5,17H,1-2H3,(H,14,16). The summed E-state index contributed by atoms with van der Waals surface area (Å²) < 4.78 is 36.1. The fourth-order valence-electron chi connectivity index (χ4n) is 1.16. The van der Waals surface area contributed by atoms with Crippen LogP contribution in [-0.2, 0) is 4.79 Å². The first-order valence-corrected chi connectivity index (χ1v) is 5.05. The van der Waals surface area contributed by atoms with Gasteiger partial charge in [-0.1, -0.05) is 0 Å². The SMILES string of the molecule is CN(C)c1cc(NC(=O)C(F)(F)F)ccc1S. The van der Waals surface area contributed by atoms with Crippen LogP contribution in [0.2, 0.25) is 0 Å². The smallest absolute Gasteiger partial charge is 0.377 e. The van der Waals surface area contributed by atoms with E-state index in [0.717, 1.165) is 0 Å². The van der Waals surface area contributed by atoms with E-state index in [0.29, 0.717) is 10.6 Å². The number of hydrogen-bond donors (Lipinski definition) is 2. The van der Waals surface area contributed by atoms with Crippen LogP contribution in [0.3, 0.4) is 0 Å². The molecule has 0 fully saturated rings. The molecule has 7 heteroatoms. The van der Waals surface area contributed by atoms with Gasteiger partial charge in [-0.3, -0.25) is 4.79 Å². The highest BCUT2D eigenvalue weighted by atomic mass is 32.1. The second-order valence-electron chi connectivity index (χ2n) is 3.55. The van der Waals surface area contributed by atoms with E-state index in [1.165, 1.54) is 18.2 Å². The number of anilines is 2. The molecule has 0 aromatic heterocycles. The van der Waals surface area contributed by atoms with Crippen LogP contribution >= 0.6 is 12.6 Å². The number of halogens is 3. The molecule has 0 aliphatic carbocycles. The van der Waals surface area contributed by atoms with Crippen molar-refractivity contribution >= 4 is 29.9 Å². The molecular weight excluding hydrogens is 253 g/mol. The molecule has 0 spiro atoms. The molecule has 0 unspecified atom stereocenters. The molecule has 1 aromatic rings. The summed E-state index contributed by atoms with van der Waals surface area (Å²) in [7, 11) is 3.45. The zero-order chi connectivity index (χ0) is 13.2. The lowest BCUT2D eigenvalue weighted by Crippen LogP contribution is -2.30. The van der Waals surface area contributed by atoms with Gasteiger partial charge in [0.15, 0.2) is 0 Å². The molecule has 0 radical (unpaired) electrons. The van der Waals surface area contributed by atoms with E-state index in [4.69, 9.17) is 0 Å². The van der Waals surface area contributed by atoms with Crippen LogP contribution < -0.4 is 10.2 Å². The van der Waals surface area contributed by atoms with Crippen LogP contribution in [0.4, 0.5) is 24.5 Å². The van der Waals surface area contributed by atoms with Gasteiger partial charge >= 0.3 is 12.1 Å². The molecule has 1 N–H and O–H groups in total. The molecule has 0 heterocycles. The van der Waals surface area contributed by atoms with Gasteiger partial charge in [-0.2, -0.15) is 13.2 Å². The summed E-state index contributed by atoms with van der Waals surface area (Å²) in [5.74, 6) is -1.99. The van der Waals surface area contributed by atoms with Crippen molar-refractivity contribution in [2.75, 3.05) is 24.3 Å². The van der Waals surface area contributed by atoms with E-state index in [9.17, 15) is 18.0 Å². The minimum Gasteiger partial charge on any atom is -0.377 e. The van der Waals surface area contributed by atoms with Crippen LogP contribution in [0, 0.1) is 0 Å². The Morgan fingerprint density at radius 1 is 1.35 bits per heavy atom. The fourth-order valence-corrected chi connectivity index (χ4v) is 1.50. The van der Waals surface area contributed by atoms with E-state index in [1.54, 1.807) is 24.3 Å². The Morgan fingerprint density at radius 3 is 2.41 bits per heavy atom. The zero-order valence-electron chi connectivity index (χ0n) is 9.17. The Kier molecular flexibility index (Phi) is 3.92. The minimum absolute atomic E-state index is 0.0776. The highest BCUT2D eigenvalue weighted by Gasteiger charge is 2.38. The van der Waals surface area contributed by atoms with E-state index in [2.05, 4.69) is 12.6 Å². The van der Waals surface area contributed by atoms with E-state index in [-0.39, 0.29) is 5.69 Å². The Hall–Kier alpha value is -1.37. The van der Waals surface area contributed by atoms with Gasteiger partial charge in [-0.05, 0) is 18.2 Å². The number of carbonyl (C=O) groups is 1. The van der Waals surface area contributed by atoms with Gasteiger partial charge in [0, 0.05) is 24.7 Å². The van der Waals surface area contributed by atoms with Crippen LogP contribution in [0.1, 0.15) is 0 Å². The predicted octanol–water partition coefficient (Wildman–Crippen LogP) is 2.54. The van der Waals surface area contributed by atoms with Gasteiger partial charge in [0.2, 0.25) is 0 Å². The van der Waals surface area contributed by atoms with Gasteiger partial charge in [0.05, 0.1) is 5.69 Å². The average Bonchev–Trinajstić information content (AvgIpc) is 2.19. The zero-order valence-corrected chi connectivity index (χ0v) is 10.1. The molecule has 17 heavy (non-hydrogen) atoms. The third-order valence-electron chi connectivity index (χ3n) is 1.97. The number of benzene rings is 1. The van der Waals surface area contributed by atoms with Crippen molar-refractivity contribution < 1.29 is 18.0 Å². The largest absolute Gasteiger partial charge is 0.471 e. The molecule has 1 aromatic carbocycles. The van der Waals surface area contributed by atoms with Crippen molar-refractivity contribution in [3.8, 4) is 0 Å². The van der Waals surface area contributed by atoms with Crippen molar-refractivity contribution in [2.45, 2.75) is 11.1 Å². The van der Waals surface area contributed by atoms with Gasteiger partial charge in [-0.25, -0.2) is 0 Å². The van der Waals surface area contributed by atoms with E-state index < -0.39 is 12.1 Å². The van der Waals surface area contributed by atoms with Crippen LogP contribution in [0.25, 0.3) is 0 Å². The lowest BCUT2D eigenvalue weighted by Gasteiger charge is -2.16. The Morgan fingerprint density at radius 2 is 1.94 bits per heavy atom. The summed E-state index contributed by atoms with van der Waals surface area (Å²) in [6.07, 6.45) is -4.89. The lowest BCUT2D eigenvalue weighted by molar-refractivity contribution is -0.167. The van der Waals surface area contributed by atoms with Gasteiger partial charge < -0.3 is 10.2 Å². The molecule has 0 bridgehead atoms. The predicted molar refractivity (Wildman–Crippen MR) is 62.7 cm³/mol. The molecule has 1 rings (SSSR count). The molecular formula is C10H11F3N2OS. The fraction of sp³-hybridized carbons (Fsp3) is 0.300. The van der Waals surface area contributed by atoms with Gasteiger partial charge in [0.25, 0.3) is 0 Å². The molecule has 94 valence electrons. The highest BCUT2D eigenvalue weighted by Crippen LogP contribution is 2.27. The Bertz CT molecular complexity index is 432. The van der Waals surface area contributed by atoms with Crippen molar-refractivity contribution in [2.24, 2.45) is 0 Å². The number of nitrogens with zero attached hydrogens (tertiary/aromatic N) is 1. The summed E-state index contributed by atoms with van der Waals surface area (Å²) in [6.45, 7) is 0. The molecule has 0 aliphatic heterocycles. The number of rotatable bonds is 2. The first-order valence-electron chi connectivity index (χ1n) is 4.60. The topological polar surface area (TPSA) is 32.3 Å². The molecule has 1 amide bonds. The molecule has 0 atom stereocenters. The lowest BCUT2D eigenvalue weighted by atomic mass is 10.2.